The second-order valence-electron chi connectivity index (χ2n) is 9.41. The summed E-state index contributed by atoms with van der Waals surface area (Å²) in [5.41, 5.74) is -0.0801. The average molecular weight is 390 g/mol. The van der Waals surface area contributed by atoms with Crippen LogP contribution in [-0.2, 0) is 28.6 Å². The van der Waals surface area contributed by atoms with Gasteiger partial charge in [0.25, 0.3) is 0 Å². The third kappa shape index (κ3) is 2.87. The van der Waals surface area contributed by atoms with E-state index in [2.05, 4.69) is 20.4 Å². The number of fused-ring (bicyclic) bond motifs is 1. The van der Waals surface area contributed by atoms with Crippen LogP contribution in [0.4, 0.5) is 0 Å². The van der Waals surface area contributed by atoms with Crippen LogP contribution in [0.1, 0.15) is 52.9 Å². The molecule has 0 aromatic heterocycles. The van der Waals surface area contributed by atoms with Crippen molar-refractivity contribution >= 4 is 17.9 Å². The number of rotatable bonds is 6. The van der Waals surface area contributed by atoms with Gasteiger partial charge in [-0.15, -0.1) is 0 Å². The van der Waals surface area contributed by atoms with Gasteiger partial charge in [-0.2, -0.15) is 0 Å². The van der Waals surface area contributed by atoms with Crippen molar-refractivity contribution in [2.24, 2.45) is 35.5 Å². The topological polar surface area (TPSA) is 78.9 Å². The summed E-state index contributed by atoms with van der Waals surface area (Å²) >= 11 is 0. The van der Waals surface area contributed by atoms with Crippen LogP contribution in [0.3, 0.4) is 0 Å². The zero-order valence-corrected chi connectivity index (χ0v) is 16.9. The van der Waals surface area contributed by atoms with Gasteiger partial charge in [0.15, 0.2) is 0 Å². The highest BCUT2D eigenvalue weighted by atomic mass is 16.6. The number of hydrogen-bond acceptors (Lipinski definition) is 6. The van der Waals surface area contributed by atoms with E-state index < -0.39 is 23.4 Å². The molecule has 3 aliphatic carbocycles. The lowest BCUT2D eigenvalue weighted by Crippen LogP contribution is -2.45. The third-order valence-electron chi connectivity index (χ3n) is 7.61. The van der Waals surface area contributed by atoms with Gasteiger partial charge in [0, 0.05) is 17.4 Å². The summed E-state index contributed by atoms with van der Waals surface area (Å²) in [5.74, 6) is -1.81. The number of hydrogen-bond donors (Lipinski definition) is 0. The van der Waals surface area contributed by atoms with Crippen LogP contribution in [-0.4, -0.2) is 36.2 Å². The van der Waals surface area contributed by atoms with E-state index in [-0.39, 0.29) is 48.3 Å². The normalized spacial score (nSPS) is 37.2. The fraction of sp³-hybridized carbons (Fsp3) is 0.773. The van der Waals surface area contributed by atoms with Crippen molar-refractivity contribution in [3.63, 3.8) is 0 Å². The van der Waals surface area contributed by atoms with E-state index in [0.717, 1.165) is 32.1 Å². The van der Waals surface area contributed by atoms with Gasteiger partial charge >= 0.3 is 17.9 Å². The lowest BCUT2D eigenvalue weighted by molar-refractivity contribution is -0.175. The number of esters is 3. The minimum absolute atomic E-state index is 0.0298. The van der Waals surface area contributed by atoms with Crippen LogP contribution >= 0.6 is 0 Å². The maximum absolute atomic E-state index is 13.3. The Kier molecular flexibility index (Phi) is 4.79. The first kappa shape index (κ1) is 19.5. The van der Waals surface area contributed by atoms with Crippen molar-refractivity contribution in [2.45, 2.75) is 64.6 Å². The van der Waals surface area contributed by atoms with Crippen LogP contribution in [0.25, 0.3) is 0 Å². The van der Waals surface area contributed by atoms with Crippen LogP contribution in [0, 0.1) is 35.5 Å². The van der Waals surface area contributed by atoms with Crippen LogP contribution in [0.5, 0.6) is 0 Å². The Balaban J connectivity index is 1.52. The molecule has 0 aromatic rings. The molecule has 3 saturated carbocycles. The Morgan fingerprint density at radius 1 is 1.25 bits per heavy atom. The molecule has 6 atom stereocenters. The Labute approximate surface area is 166 Å². The number of ether oxygens (including phenoxy) is 3. The predicted molar refractivity (Wildman–Crippen MR) is 99.8 cm³/mol. The van der Waals surface area contributed by atoms with Crippen molar-refractivity contribution in [3.05, 3.63) is 12.2 Å². The van der Waals surface area contributed by atoms with Gasteiger partial charge in [-0.3, -0.25) is 9.59 Å². The zero-order valence-electron chi connectivity index (χ0n) is 16.9. The van der Waals surface area contributed by atoms with E-state index in [0.29, 0.717) is 5.57 Å². The quantitative estimate of drug-likeness (QED) is 0.394. The fourth-order valence-corrected chi connectivity index (χ4v) is 6.06. The summed E-state index contributed by atoms with van der Waals surface area (Å²) in [7, 11) is 0. The molecule has 4 fully saturated rings. The Hall–Kier alpha value is -1.85. The van der Waals surface area contributed by atoms with Crippen LogP contribution in [0.2, 0.25) is 0 Å². The molecule has 1 saturated heterocycles. The van der Waals surface area contributed by atoms with E-state index >= 15 is 0 Å². The molecule has 6 nitrogen and oxygen atoms in total. The molecule has 1 heterocycles. The number of carbonyl (C=O) groups excluding carboxylic acids is 3. The van der Waals surface area contributed by atoms with Gasteiger partial charge in [-0.25, -0.2) is 4.79 Å². The van der Waals surface area contributed by atoms with E-state index in [4.69, 9.17) is 14.2 Å². The van der Waals surface area contributed by atoms with E-state index in [1.165, 1.54) is 0 Å². The summed E-state index contributed by atoms with van der Waals surface area (Å²) < 4.78 is 17.1. The molecule has 0 amide bonds. The second-order valence-corrected chi connectivity index (χ2v) is 9.41. The van der Waals surface area contributed by atoms with E-state index in [1.807, 2.05) is 0 Å². The van der Waals surface area contributed by atoms with Gasteiger partial charge < -0.3 is 14.2 Å². The molecule has 0 spiro atoms. The molecule has 6 unspecified atom stereocenters. The molecule has 2 bridgehead atoms. The molecule has 4 aliphatic rings. The SMILES string of the molecule is C=C(C)C(=O)OCC1C2CC3C1OC(=O)C3C2C(=O)OC1(C(C)C)CCCC1. The predicted octanol–water partition coefficient (Wildman–Crippen LogP) is 3.04. The Bertz CT molecular complexity index is 704. The highest BCUT2D eigenvalue weighted by Crippen LogP contribution is 2.61. The molecule has 0 aromatic carbocycles. The summed E-state index contributed by atoms with van der Waals surface area (Å²) in [5, 5.41) is 0. The van der Waals surface area contributed by atoms with E-state index in [1.54, 1.807) is 6.92 Å². The lowest BCUT2D eigenvalue weighted by Gasteiger charge is -2.37. The third-order valence-corrected chi connectivity index (χ3v) is 7.61. The molecule has 0 N–H and O–H groups in total. The molecule has 28 heavy (non-hydrogen) atoms. The Morgan fingerprint density at radius 2 is 1.93 bits per heavy atom. The van der Waals surface area contributed by atoms with Crippen LogP contribution < -0.4 is 0 Å². The smallest absolute Gasteiger partial charge is 0.333 e. The lowest BCUT2D eigenvalue weighted by atomic mass is 9.74. The monoisotopic (exact) mass is 390 g/mol. The van der Waals surface area contributed by atoms with Gasteiger partial charge in [0.2, 0.25) is 0 Å². The van der Waals surface area contributed by atoms with E-state index in [9.17, 15) is 14.4 Å². The highest BCUT2D eigenvalue weighted by Gasteiger charge is 2.69. The largest absolute Gasteiger partial charge is 0.462 e. The zero-order chi connectivity index (χ0) is 20.2. The van der Waals surface area contributed by atoms with Crippen molar-refractivity contribution in [1.29, 1.82) is 0 Å². The molecule has 6 heteroatoms. The molecule has 4 rings (SSSR count). The summed E-state index contributed by atoms with van der Waals surface area (Å²) in [4.78, 5) is 37.6. The second kappa shape index (κ2) is 6.89. The number of carbonyl (C=O) groups is 3. The van der Waals surface area contributed by atoms with Crippen LogP contribution in [0.15, 0.2) is 12.2 Å². The fourth-order valence-electron chi connectivity index (χ4n) is 6.06. The highest BCUT2D eigenvalue weighted by molar-refractivity contribution is 5.87. The van der Waals surface area contributed by atoms with Gasteiger partial charge in [-0.05, 0) is 50.9 Å². The minimum atomic E-state index is -0.485. The molecular weight excluding hydrogens is 360 g/mol. The molecular formula is C22H30O6. The van der Waals surface area contributed by atoms with Gasteiger partial charge in [0.1, 0.15) is 11.7 Å². The maximum atomic E-state index is 13.3. The molecule has 154 valence electrons. The summed E-state index contributed by atoms with van der Waals surface area (Å²) in [6, 6.07) is 0. The summed E-state index contributed by atoms with van der Waals surface area (Å²) in [6.07, 6.45) is 4.40. The average Bonchev–Trinajstić information content (AvgIpc) is 3.36. The van der Waals surface area contributed by atoms with Crippen molar-refractivity contribution < 1.29 is 28.6 Å². The molecule has 1 aliphatic heterocycles. The Morgan fingerprint density at radius 3 is 2.54 bits per heavy atom. The van der Waals surface area contributed by atoms with Gasteiger partial charge in [0.05, 0.1) is 18.4 Å². The van der Waals surface area contributed by atoms with Crippen molar-refractivity contribution in [2.75, 3.05) is 6.61 Å². The first-order chi connectivity index (χ1) is 13.2. The standard InChI is InChI=1S/C22H30O6/c1-11(2)19(23)26-10-15-13-9-14-17(20(24)27-18(14)15)16(13)21(25)28-22(12(3)4)7-5-6-8-22/h12-18H,1,5-10H2,2-4H3. The minimum Gasteiger partial charge on any atom is -0.462 e. The summed E-state index contributed by atoms with van der Waals surface area (Å²) in [6.45, 7) is 9.54. The first-order valence-corrected chi connectivity index (χ1v) is 10.5. The van der Waals surface area contributed by atoms with Crippen molar-refractivity contribution in [3.8, 4) is 0 Å². The maximum Gasteiger partial charge on any atom is 0.333 e. The molecule has 0 radical (unpaired) electrons. The van der Waals surface area contributed by atoms with Crippen molar-refractivity contribution in [1.82, 2.24) is 0 Å². The van der Waals surface area contributed by atoms with Gasteiger partial charge in [-0.1, -0.05) is 20.4 Å². The first-order valence-electron chi connectivity index (χ1n) is 10.5.